The van der Waals surface area contributed by atoms with E-state index in [1.54, 1.807) is 12.1 Å². The maximum absolute atomic E-state index is 13.6. The molecule has 3 fully saturated rings. The lowest BCUT2D eigenvalue weighted by atomic mass is 9.68. The van der Waals surface area contributed by atoms with Crippen LogP contribution in [0.15, 0.2) is 52.3 Å². The number of nitrogens with zero attached hydrogens (tertiary/aromatic N) is 2. The number of nitro groups is 1. The van der Waals surface area contributed by atoms with E-state index in [9.17, 15) is 33.7 Å². The second-order valence-electron chi connectivity index (χ2n) is 11.3. The van der Waals surface area contributed by atoms with Crippen molar-refractivity contribution in [2.45, 2.75) is 35.6 Å². The van der Waals surface area contributed by atoms with Crippen molar-refractivity contribution in [1.82, 2.24) is 9.88 Å². The van der Waals surface area contributed by atoms with Gasteiger partial charge in [0.15, 0.2) is 0 Å². The summed E-state index contributed by atoms with van der Waals surface area (Å²) in [4.78, 5) is 66.6. The Labute approximate surface area is 251 Å². The molecule has 2 amide bonds. The van der Waals surface area contributed by atoms with Crippen molar-refractivity contribution in [3.8, 4) is 5.75 Å². The average molecular weight is 626 g/mol. The number of non-ortho nitro benzene ring substituents is 1. The van der Waals surface area contributed by atoms with Gasteiger partial charge in [-0.1, -0.05) is 23.5 Å². The number of benzene rings is 2. The molecule has 2 aliphatic heterocycles. The zero-order valence-corrected chi connectivity index (χ0v) is 23.9. The number of ether oxygens (including phenoxy) is 1. The third kappa shape index (κ3) is 4.46. The number of aliphatic carboxylic acids is 1. The van der Waals surface area contributed by atoms with Crippen LogP contribution < -0.4 is 9.61 Å². The van der Waals surface area contributed by atoms with Gasteiger partial charge < -0.3 is 14.8 Å². The Morgan fingerprint density at radius 1 is 1.12 bits per heavy atom. The maximum Gasteiger partial charge on any atom is 0.305 e. The molecular weight excluding hydrogens is 601 g/mol. The molecule has 2 aliphatic carbocycles. The van der Waals surface area contributed by atoms with Crippen LogP contribution in [0.25, 0.3) is 0 Å². The Kier molecular flexibility index (Phi) is 6.65. The number of carbonyl (C=O) groups is 3. The van der Waals surface area contributed by atoms with Crippen LogP contribution in [0, 0.1) is 45.5 Å². The highest BCUT2D eigenvalue weighted by atomic mass is 32.2. The second kappa shape index (κ2) is 10.3. The number of likely N-dealkylation sites (tertiary alicyclic amines) is 1. The number of carbonyl (C=O) groups excluding carboxylic acids is 2. The van der Waals surface area contributed by atoms with E-state index in [0.29, 0.717) is 33.2 Å². The molecule has 7 atom stereocenters. The summed E-state index contributed by atoms with van der Waals surface area (Å²) in [6.07, 6.45) is 0.274. The molecule has 2 bridgehead atoms. The molecule has 2 N–H and O–H groups in total. The van der Waals surface area contributed by atoms with E-state index in [0.717, 1.165) is 16.2 Å². The van der Waals surface area contributed by atoms with Gasteiger partial charge in [-0.25, -0.2) is 4.39 Å². The summed E-state index contributed by atoms with van der Waals surface area (Å²) < 4.78 is 19.6. The van der Waals surface area contributed by atoms with Crippen molar-refractivity contribution >= 4 is 46.6 Å². The highest BCUT2D eigenvalue weighted by molar-refractivity contribution is 8.00. The number of rotatable bonds is 8. The topological polar surface area (TPSA) is 160 Å². The molecule has 14 heteroatoms. The number of H-pyrrole nitrogens is 1. The molecule has 222 valence electrons. The third-order valence-corrected chi connectivity index (χ3v) is 11.8. The van der Waals surface area contributed by atoms with Crippen LogP contribution in [0.2, 0.25) is 0 Å². The summed E-state index contributed by atoms with van der Waals surface area (Å²) in [5.74, 6) is -4.21. The number of fused-ring (bicyclic) bond motifs is 9. The SMILES string of the molecule is O=C(O)CCN1C(=O)[C@@H]2[C@H]3C[C@@H]([C@@H]4Sc5[nH]c(=O)sc5[C@H](c5cc([N+](=O)[O-])ccc5OCc5ccc(F)cc5)[C@@H]34)[C@H]2C1=O. The van der Waals surface area contributed by atoms with Gasteiger partial charge in [-0.05, 0) is 47.9 Å². The van der Waals surface area contributed by atoms with Crippen LogP contribution in [0.3, 0.4) is 0 Å². The van der Waals surface area contributed by atoms with Crippen LogP contribution in [0.5, 0.6) is 5.75 Å². The monoisotopic (exact) mass is 625 g/mol. The number of carboxylic acids is 1. The number of hydrogen-bond donors (Lipinski definition) is 2. The predicted octanol–water partition coefficient (Wildman–Crippen LogP) is 4.01. The molecule has 0 unspecified atom stereocenters. The van der Waals surface area contributed by atoms with Crippen LogP contribution in [0.4, 0.5) is 10.1 Å². The molecule has 1 aromatic heterocycles. The van der Waals surface area contributed by atoms with Gasteiger partial charge in [-0.15, -0.1) is 11.8 Å². The lowest BCUT2D eigenvalue weighted by molar-refractivity contribution is -0.385. The summed E-state index contributed by atoms with van der Waals surface area (Å²) in [6, 6.07) is 10.1. The molecule has 7 rings (SSSR count). The van der Waals surface area contributed by atoms with E-state index in [2.05, 4.69) is 4.98 Å². The van der Waals surface area contributed by atoms with Crippen LogP contribution >= 0.6 is 23.1 Å². The molecule has 3 aromatic rings. The first-order valence-electron chi connectivity index (χ1n) is 13.7. The lowest BCUT2D eigenvalue weighted by Gasteiger charge is -2.43. The van der Waals surface area contributed by atoms with Crippen molar-refractivity contribution < 1.29 is 33.5 Å². The Balaban J connectivity index is 1.30. The van der Waals surface area contributed by atoms with Gasteiger partial charge in [0.1, 0.15) is 18.2 Å². The van der Waals surface area contributed by atoms with Crippen molar-refractivity contribution in [3.05, 3.63) is 84.1 Å². The number of thiazole rings is 1. The van der Waals surface area contributed by atoms with Crippen LogP contribution in [-0.2, 0) is 21.0 Å². The summed E-state index contributed by atoms with van der Waals surface area (Å²) in [5.41, 5.74) is 1.04. The minimum atomic E-state index is -1.10. The summed E-state index contributed by atoms with van der Waals surface area (Å²) in [5, 5.41) is 21.5. The largest absolute Gasteiger partial charge is 0.489 e. The van der Waals surface area contributed by atoms with Crippen molar-refractivity contribution in [2.75, 3.05) is 6.54 Å². The molecule has 43 heavy (non-hydrogen) atoms. The second-order valence-corrected chi connectivity index (χ2v) is 13.5. The van der Waals surface area contributed by atoms with Gasteiger partial charge >= 0.3 is 10.8 Å². The number of thioether (sulfide) groups is 1. The smallest absolute Gasteiger partial charge is 0.305 e. The fraction of sp³-hybridized carbons (Fsp3) is 0.379. The van der Waals surface area contributed by atoms with Gasteiger partial charge in [-0.3, -0.25) is 34.2 Å². The first-order valence-corrected chi connectivity index (χ1v) is 15.4. The highest BCUT2D eigenvalue weighted by Crippen LogP contribution is 2.69. The van der Waals surface area contributed by atoms with E-state index >= 15 is 0 Å². The standard InChI is InChI=1S/C29H24FN3O8S2/c30-13-3-1-12(2-4-13)11-41-18-6-5-14(33(39)40)9-15(18)20-21-16-10-17(24(21)42-26-25(20)43-29(38)31-26)23-22(16)27(36)32(28(23)37)8-7-19(34)35/h1-6,9,16-17,20-24H,7-8,10-11H2,(H,31,38)(H,34,35)/t16-,17+,20+,21+,22+,23+,24-/m0/s1. The van der Waals surface area contributed by atoms with Gasteiger partial charge in [0.25, 0.3) is 5.69 Å². The van der Waals surface area contributed by atoms with E-state index in [4.69, 9.17) is 9.84 Å². The first kappa shape index (κ1) is 27.8. The van der Waals surface area contributed by atoms with Crippen molar-refractivity contribution in [3.63, 3.8) is 0 Å². The fourth-order valence-electron chi connectivity index (χ4n) is 7.62. The molecule has 11 nitrogen and oxygen atoms in total. The molecule has 0 spiro atoms. The molecular formula is C29H24FN3O8S2. The molecule has 1 saturated heterocycles. The highest BCUT2D eigenvalue weighted by Gasteiger charge is 2.69. The minimum Gasteiger partial charge on any atom is -0.489 e. The zero-order valence-electron chi connectivity index (χ0n) is 22.3. The van der Waals surface area contributed by atoms with Crippen LogP contribution in [-0.4, -0.2) is 49.5 Å². The lowest BCUT2D eigenvalue weighted by Crippen LogP contribution is -2.42. The number of aromatic amines is 1. The van der Waals surface area contributed by atoms with Crippen molar-refractivity contribution in [1.29, 1.82) is 0 Å². The zero-order chi connectivity index (χ0) is 30.2. The first-order chi connectivity index (χ1) is 20.6. The molecule has 2 aromatic carbocycles. The summed E-state index contributed by atoms with van der Waals surface area (Å²) >= 11 is 2.50. The number of halogens is 1. The number of nitrogens with one attached hydrogen (secondary N) is 1. The normalized spacial score (nSPS) is 28.5. The fourth-order valence-corrected chi connectivity index (χ4v) is 10.5. The number of nitro benzene ring substituents is 1. The minimum absolute atomic E-state index is 0.0686. The number of amides is 2. The molecule has 4 aliphatic rings. The van der Waals surface area contributed by atoms with E-state index in [1.165, 1.54) is 42.1 Å². The number of imide groups is 1. The predicted molar refractivity (Wildman–Crippen MR) is 151 cm³/mol. The molecule has 3 heterocycles. The molecule has 0 radical (unpaired) electrons. The summed E-state index contributed by atoms with van der Waals surface area (Å²) in [7, 11) is 0. The number of hydrogen-bond acceptors (Lipinski definition) is 9. The Hall–Kier alpha value is -4.04. The van der Waals surface area contributed by atoms with Crippen molar-refractivity contribution in [2.24, 2.45) is 29.6 Å². The Bertz CT molecular complexity index is 1740. The van der Waals surface area contributed by atoms with E-state index in [1.807, 2.05) is 0 Å². The average Bonchev–Trinajstić information content (AvgIpc) is 3.70. The van der Waals surface area contributed by atoms with Gasteiger partial charge in [-0.2, -0.15) is 0 Å². The van der Waals surface area contributed by atoms with Gasteiger partial charge in [0, 0.05) is 40.3 Å². The van der Waals surface area contributed by atoms with Crippen LogP contribution in [0.1, 0.15) is 34.8 Å². The quantitative estimate of drug-likeness (QED) is 0.214. The Morgan fingerprint density at radius 3 is 2.53 bits per heavy atom. The van der Waals surface area contributed by atoms with E-state index in [-0.39, 0.29) is 65.0 Å². The number of aromatic nitrogens is 1. The van der Waals surface area contributed by atoms with E-state index < -0.39 is 34.5 Å². The molecule has 2 saturated carbocycles. The Morgan fingerprint density at radius 2 is 1.84 bits per heavy atom. The maximum atomic E-state index is 13.6. The van der Waals surface area contributed by atoms with Gasteiger partial charge in [0.2, 0.25) is 11.8 Å². The third-order valence-electron chi connectivity index (χ3n) is 9.21. The van der Waals surface area contributed by atoms with Gasteiger partial charge in [0.05, 0.1) is 28.2 Å². The number of carboxylic acid groups (broad SMARTS) is 1. The summed E-state index contributed by atoms with van der Waals surface area (Å²) in [6.45, 7) is -0.114.